The predicted molar refractivity (Wildman–Crippen MR) is 53.5 cm³/mol. The van der Waals surface area contributed by atoms with Gasteiger partial charge in [0.1, 0.15) is 6.33 Å². The van der Waals surface area contributed by atoms with Gasteiger partial charge in [-0.1, -0.05) is 11.8 Å². The maximum absolute atomic E-state index is 11.2. The zero-order chi connectivity index (χ0) is 10.8. The van der Waals surface area contributed by atoms with Crippen molar-refractivity contribution >= 4 is 28.6 Å². The highest BCUT2D eigenvalue weighted by molar-refractivity contribution is 8.14. The van der Waals surface area contributed by atoms with Gasteiger partial charge in [0.2, 0.25) is 11.0 Å². The molecule has 0 bridgehead atoms. The van der Waals surface area contributed by atoms with Crippen LogP contribution in [-0.4, -0.2) is 37.4 Å². The Morgan fingerprint density at radius 3 is 3.07 bits per heavy atom. The van der Waals surface area contributed by atoms with Gasteiger partial charge in [-0.3, -0.25) is 9.59 Å². The molecule has 0 unspecified atom stereocenters. The van der Waals surface area contributed by atoms with Gasteiger partial charge in [0.25, 0.3) is 5.91 Å². The van der Waals surface area contributed by atoms with Crippen molar-refractivity contribution in [2.45, 2.75) is 6.92 Å². The van der Waals surface area contributed by atoms with Gasteiger partial charge in [-0.15, -0.1) is 5.10 Å². The molecular weight excluding hydrogens is 218 g/mol. The van der Waals surface area contributed by atoms with Gasteiger partial charge in [0.15, 0.2) is 5.78 Å². The fraction of sp³-hybridized carbons (Fsp3) is 0.286. The summed E-state index contributed by atoms with van der Waals surface area (Å²) >= 11 is 1.21. The van der Waals surface area contributed by atoms with Crippen molar-refractivity contribution in [3.63, 3.8) is 0 Å². The number of hydrazone groups is 1. The third-order valence-corrected chi connectivity index (χ3v) is 2.58. The summed E-state index contributed by atoms with van der Waals surface area (Å²) in [5, 5.41) is 8.09. The predicted octanol–water partition coefficient (Wildman–Crippen LogP) is -0.537. The van der Waals surface area contributed by atoms with Crippen LogP contribution in [0.4, 0.5) is 0 Å². The van der Waals surface area contributed by atoms with Crippen molar-refractivity contribution in [3.05, 3.63) is 12.2 Å². The zero-order valence-corrected chi connectivity index (χ0v) is 8.61. The van der Waals surface area contributed by atoms with E-state index in [1.807, 2.05) is 0 Å². The molecule has 1 N–H and O–H groups in total. The van der Waals surface area contributed by atoms with Crippen LogP contribution >= 0.6 is 11.8 Å². The molecule has 0 spiro atoms. The molecule has 8 heteroatoms. The normalized spacial score (nSPS) is 15.8. The number of Topliss-reactive ketones (excluding diaryl/α,β-unsaturated/α-hetero) is 1. The summed E-state index contributed by atoms with van der Waals surface area (Å²) in [6.45, 7) is 1.40. The van der Waals surface area contributed by atoms with E-state index in [2.05, 4.69) is 20.6 Å². The Labute approximate surface area is 88.9 Å². The minimum Gasteiger partial charge on any atom is -0.291 e. The van der Waals surface area contributed by atoms with Crippen molar-refractivity contribution in [2.24, 2.45) is 5.10 Å². The van der Waals surface area contributed by atoms with Crippen LogP contribution in [0, 0.1) is 0 Å². The lowest BCUT2D eigenvalue weighted by Crippen LogP contribution is -2.30. The molecule has 0 atom stereocenters. The minimum atomic E-state index is -0.201. The smallest absolute Gasteiger partial charge is 0.250 e. The first-order chi connectivity index (χ1) is 7.18. The SMILES string of the molecule is CC(=O)c1ncnn1C1=NNC(=O)CS1. The number of thioether (sulfide) groups is 1. The molecule has 0 aromatic carbocycles. The number of carbonyl (C=O) groups excluding carboxylic acids is 2. The van der Waals surface area contributed by atoms with Crippen molar-refractivity contribution in [1.29, 1.82) is 0 Å². The van der Waals surface area contributed by atoms with Crippen LogP contribution in [0.2, 0.25) is 0 Å². The second-order valence-electron chi connectivity index (χ2n) is 2.77. The number of hydrogen-bond acceptors (Lipinski definition) is 6. The third kappa shape index (κ3) is 1.89. The molecule has 0 saturated heterocycles. The molecule has 0 saturated carbocycles. The first-order valence-corrected chi connectivity index (χ1v) is 5.07. The lowest BCUT2D eigenvalue weighted by Gasteiger charge is -2.11. The second-order valence-corrected chi connectivity index (χ2v) is 3.71. The Morgan fingerprint density at radius 2 is 2.47 bits per heavy atom. The molecule has 15 heavy (non-hydrogen) atoms. The van der Waals surface area contributed by atoms with Gasteiger partial charge in [-0.05, 0) is 0 Å². The van der Waals surface area contributed by atoms with Crippen LogP contribution in [0.3, 0.4) is 0 Å². The summed E-state index contributed by atoms with van der Waals surface area (Å²) < 4.78 is 1.31. The number of nitrogens with one attached hydrogen (secondary N) is 1. The van der Waals surface area contributed by atoms with E-state index in [4.69, 9.17) is 0 Å². The van der Waals surface area contributed by atoms with Crippen LogP contribution in [0.5, 0.6) is 0 Å². The van der Waals surface area contributed by atoms with Crippen LogP contribution < -0.4 is 5.43 Å². The fourth-order valence-electron chi connectivity index (χ4n) is 1.03. The summed E-state index contributed by atoms with van der Waals surface area (Å²) in [7, 11) is 0. The summed E-state index contributed by atoms with van der Waals surface area (Å²) in [6.07, 6.45) is 1.27. The Morgan fingerprint density at radius 1 is 1.67 bits per heavy atom. The molecule has 1 aromatic heterocycles. The van der Waals surface area contributed by atoms with Gasteiger partial charge in [0, 0.05) is 6.92 Å². The van der Waals surface area contributed by atoms with E-state index < -0.39 is 0 Å². The number of hydrogen-bond donors (Lipinski definition) is 1. The molecule has 0 fully saturated rings. The standard InChI is InChI=1S/C7H7N5O2S/c1-4(13)6-8-3-9-12(6)7-11-10-5(14)2-15-7/h3H,2H2,1H3,(H,10,14). The summed E-state index contributed by atoms with van der Waals surface area (Å²) in [4.78, 5) is 25.8. The zero-order valence-electron chi connectivity index (χ0n) is 7.80. The number of rotatable bonds is 1. The summed E-state index contributed by atoms with van der Waals surface area (Å²) in [6, 6.07) is 0. The van der Waals surface area contributed by atoms with Gasteiger partial charge in [0.05, 0.1) is 5.75 Å². The Kier molecular flexibility index (Phi) is 2.50. The van der Waals surface area contributed by atoms with Crippen LogP contribution in [-0.2, 0) is 4.79 Å². The van der Waals surface area contributed by atoms with Crippen LogP contribution in [0.1, 0.15) is 17.5 Å². The average Bonchev–Trinajstić information content (AvgIpc) is 2.67. The van der Waals surface area contributed by atoms with E-state index in [0.717, 1.165) is 0 Å². The van der Waals surface area contributed by atoms with Crippen molar-refractivity contribution in [3.8, 4) is 0 Å². The van der Waals surface area contributed by atoms with Gasteiger partial charge in [-0.2, -0.15) is 9.78 Å². The molecule has 1 amide bonds. The Bertz CT molecular complexity index is 452. The van der Waals surface area contributed by atoms with E-state index in [-0.39, 0.29) is 23.3 Å². The van der Waals surface area contributed by atoms with E-state index in [1.165, 1.54) is 29.7 Å². The first kappa shape index (κ1) is 9.84. The highest BCUT2D eigenvalue weighted by Crippen LogP contribution is 2.10. The minimum absolute atomic E-state index is 0.173. The fourth-order valence-corrected chi connectivity index (χ4v) is 1.73. The number of aromatic nitrogens is 3. The molecule has 1 aromatic rings. The maximum Gasteiger partial charge on any atom is 0.250 e. The second kappa shape index (κ2) is 3.81. The van der Waals surface area contributed by atoms with Gasteiger partial charge in [-0.25, -0.2) is 10.4 Å². The molecule has 0 aliphatic carbocycles. The molecule has 78 valence electrons. The summed E-state index contributed by atoms with van der Waals surface area (Å²) in [5.41, 5.74) is 2.31. The number of amides is 1. The number of nitrogens with zero attached hydrogens (tertiary/aromatic N) is 4. The molecule has 1 aliphatic heterocycles. The lowest BCUT2D eigenvalue weighted by molar-refractivity contribution is -0.118. The van der Waals surface area contributed by atoms with Crippen molar-refractivity contribution in [2.75, 3.05) is 5.75 Å². The van der Waals surface area contributed by atoms with E-state index in [1.54, 1.807) is 0 Å². The average molecular weight is 225 g/mol. The van der Waals surface area contributed by atoms with Crippen molar-refractivity contribution < 1.29 is 9.59 Å². The highest BCUT2D eigenvalue weighted by atomic mass is 32.2. The molecule has 1 aliphatic rings. The number of ketones is 1. The lowest BCUT2D eigenvalue weighted by atomic mass is 10.4. The van der Waals surface area contributed by atoms with E-state index >= 15 is 0 Å². The van der Waals surface area contributed by atoms with Crippen LogP contribution in [0.25, 0.3) is 0 Å². The topological polar surface area (TPSA) is 89.2 Å². The van der Waals surface area contributed by atoms with Crippen LogP contribution in [0.15, 0.2) is 11.4 Å². The highest BCUT2D eigenvalue weighted by Gasteiger charge is 2.19. The molecule has 2 rings (SSSR count). The molecule has 0 radical (unpaired) electrons. The summed E-state index contributed by atoms with van der Waals surface area (Å²) in [5.74, 6) is 0.0918. The van der Waals surface area contributed by atoms with E-state index in [0.29, 0.717) is 5.17 Å². The van der Waals surface area contributed by atoms with Gasteiger partial charge >= 0.3 is 0 Å². The third-order valence-electron chi connectivity index (χ3n) is 1.65. The quantitative estimate of drug-likeness (QED) is 0.648. The monoisotopic (exact) mass is 225 g/mol. The Balaban J connectivity index is 2.34. The van der Waals surface area contributed by atoms with Crippen molar-refractivity contribution in [1.82, 2.24) is 20.2 Å². The van der Waals surface area contributed by atoms with E-state index in [9.17, 15) is 9.59 Å². The van der Waals surface area contributed by atoms with Gasteiger partial charge < -0.3 is 0 Å². The number of carbonyl (C=O) groups is 2. The Hall–Kier alpha value is -1.70. The molecule has 7 nitrogen and oxygen atoms in total. The first-order valence-electron chi connectivity index (χ1n) is 4.09. The largest absolute Gasteiger partial charge is 0.291 e. The molecular formula is C7H7N5O2S. The molecule has 2 heterocycles. The maximum atomic E-state index is 11.2.